The van der Waals surface area contributed by atoms with Crippen LogP contribution in [0.1, 0.15) is 24.4 Å². The lowest BCUT2D eigenvalue weighted by Gasteiger charge is -2.38. The summed E-state index contributed by atoms with van der Waals surface area (Å²) in [4.78, 5) is 10.3. The van der Waals surface area contributed by atoms with E-state index in [9.17, 15) is 18.5 Å². The minimum Gasteiger partial charge on any atom is -0.258 e. The number of hydrogen-bond donors (Lipinski definition) is 0. The highest BCUT2D eigenvalue weighted by atomic mass is 79.9. The van der Waals surface area contributed by atoms with Crippen molar-refractivity contribution < 1.29 is 13.3 Å². The van der Waals surface area contributed by atoms with Crippen LogP contribution in [0, 0.1) is 10.1 Å². The molecule has 0 bridgehead atoms. The molecule has 6 nitrogen and oxygen atoms in total. The van der Waals surface area contributed by atoms with Gasteiger partial charge in [0.15, 0.2) is 0 Å². The topological polar surface area (TPSA) is 80.5 Å². The first-order valence-electron chi connectivity index (χ1n) is 7.86. The maximum atomic E-state index is 13.1. The highest BCUT2D eigenvalue weighted by Gasteiger charge is 2.39. The molecule has 1 aliphatic heterocycles. The van der Waals surface area contributed by atoms with Gasteiger partial charge < -0.3 is 0 Å². The molecule has 2 aromatic rings. The second-order valence-corrected chi connectivity index (χ2v) is 8.95. The van der Waals surface area contributed by atoms with Crippen LogP contribution in [0.25, 0.3) is 0 Å². The van der Waals surface area contributed by atoms with Crippen LogP contribution in [0.4, 0.5) is 5.69 Å². The summed E-state index contributed by atoms with van der Waals surface area (Å²) >= 11 is 3.63. The Hall–Kier alpha value is -1.77. The molecule has 2 aromatic carbocycles. The quantitative estimate of drug-likeness (QED) is 0.423. The number of nitrogens with zero attached hydrogens (tertiary/aromatic N) is 2. The highest BCUT2D eigenvalue weighted by molar-refractivity contribution is 9.09. The number of sulfonamides is 1. The zero-order valence-corrected chi connectivity index (χ0v) is 15.7. The summed E-state index contributed by atoms with van der Waals surface area (Å²) in [6.07, 6.45) is 1.64. The minimum absolute atomic E-state index is 0.0106. The molecule has 25 heavy (non-hydrogen) atoms. The van der Waals surface area contributed by atoms with E-state index in [0.29, 0.717) is 6.54 Å². The fraction of sp³-hybridized carbons (Fsp3) is 0.294. The van der Waals surface area contributed by atoms with Crippen LogP contribution < -0.4 is 0 Å². The Morgan fingerprint density at radius 2 is 1.72 bits per heavy atom. The Kier molecular flexibility index (Phi) is 5.21. The van der Waals surface area contributed by atoms with Crippen molar-refractivity contribution in [2.45, 2.75) is 28.6 Å². The van der Waals surface area contributed by atoms with Crippen molar-refractivity contribution in [3.63, 3.8) is 0 Å². The molecule has 8 heteroatoms. The number of non-ortho nitro benzene ring substituents is 1. The molecule has 1 fully saturated rings. The number of nitro benzene ring substituents is 1. The summed E-state index contributed by atoms with van der Waals surface area (Å²) in [6.45, 7) is 0.418. The van der Waals surface area contributed by atoms with Gasteiger partial charge in [0.1, 0.15) is 0 Å². The van der Waals surface area contributed by atoms with E-state index >= 15 is 0 Å². The van der Waals surface area contributed by atoms with Gasteiger partial charge in [-0.1, -0.05) is 46.3 Å². The van der Waals surface area contributed by atoms with Crippen LogP contribution in [0.2, 0.25) is 0 Å². The molecule has 132 valence electrons. The second kappa shape index (κ2) is 7.23. The predicted molar refractivity (Wildman–Crippen MR) is 98.1 cm³/mol. The number of hydrogen-bond acceptors (Lipinski definition) is 4. The summed E-state index contributed by atoms with van der Waals surface area (Å²) in [5.41, 5.74) is 0.796. The van der Waals surface area contributed by atoms with E-state index in [1.807, 2.05) is 30.3 Å². The van der Waals surface area contributed by atoms with E-state index in [1.54, 1.807) is 0 Å². The van der Waals surface area contributed by atoms with Crippen LogP contribution in [0.15, 0.2) is 59.5 Å². The van der Waals surface area contributed by atoms with Crippen LogP contribution in [-0.4, -0.2) is 29.0 Å². The molecule has 0 N–H and O–H groups in total. The molecular weight excluding hydrogens is 408 g/mol. The fourth-order valence-corrected chi connectivity index (χ4v) is 5.85. The van der Waals surface area contributed by atoms with E-state index < -0.39 is 14.9 Å². The van der Waals surface area contributed by atoms with Gasteiger partial charge in [0.25, 0.3) is 5.69 Å². The Labute approximate surface area is 154 Å². The lowest BCUT2D eigenvalue weighted by molar-refractivity contribution is -0.384. The van der Waals surface area contributed by atoms with Gasteiger partial charge in [-0.3, -0.25) is 10.1 Å². The second-order valence-electron chi connectivity index (χ2n) is 5.88. The molecule has 1 heterocycles. The first-order chi connectivity index (χ1) is 11.9. The van der Waals surface area contributed by atoms with Gasteiger partial charge in [0, 0.05) is 23.5 Å². The Balaban J connectivity index is 2.00. The molecule has 0 aromatic heterocycles. The van der Waals surface area contributed by atoms with Crippen molar-refractivity contribution in [1.29, 1.82) is 0 Å². The van der Waals surface area contributed by atoms with Gasteiger partial charge in [-0.25, -0.2) is 8.42 Å². The zero-order chi connectivity index (χ0) is 18.0. The highest BCUT2D eigenvalue weighted by Crippen LogP contribution is 2.39. The SMILES string of the molecule is O=[N+]([O-])c1ccc(S(=O)(=O)N2CCC[C@H](Br)[C@H]2c2ccccc2)cc1. The number of alkyl halides is 1. The number of halogens is 1. The average molecular weight is 425 g/mol. The average Bonchev–Trinajstić information content (AvgIpc) is 2.62. The smallest absolute Gasteiger partial charge is 0.258 e. The number of benzene rings is 2. The molecule has 0 unspecified atom stereocenters. The van der Waals surface area contributed by atoms with Gasteiger partial charge in [0.2, 0.25) is 10.0 Å². The standard InChI is InChI=1S/C17H17BrN2O4S/c18-16-7-4-12-19(17(16)13-5-2-1-3-6-13)25(23,24)15-10-8-14(9-11-15)20(21)22/h1-3,5-6,8-11,16-17H,4,7,12H2/t16-,17+/m0/s1. The molecule has 1 saturated heterocycles. The summed E-state index contributed by atoms with van der Waals surface area (Å²) in [7, 11) is -3.75. The van der Waals surface area contributed by atoms with E-state index in [1.165, 1.54) is 28.6 Å². The molecule has 0 aliphatic carbocycles. The fourth-order valence-electron chi connectivity index (χ4n) is 3.09. The van der Waals surface area contributed by atoms with E-state index in [2.05, 4.69) is 15.9 Å². The summed E-state index contributed by atoms with van der Waals surface area (Å²) in [6, 6.07) is 14.2. The van der Waals surface area contributed by atoms with Crippen molar-refractivity contribution in [2.24, 2.45) is 0 Å². The van der Waals surface area contributed by atoms with Gasteiger partial charge in [-0.05, 0) is 30.5 Å². The van der Waals surface area contributed by atoms with Crippen LogP contribution >= 0.6 is 15.9 Å². The third-order valence-electron chi connectivity index (χ3n) is 4.31. The summed E-state index contributed by atoms with van der Waals surface area (Å²) in [5, 5.41) is 10.8. The number of rotatable bonds is 4. The number of piperidine rings is 1. The summed E-state index contributed by atoms with van der Waals surface area (Å²) in [5.74, 6) is 0. The maximum Gasteiger partial charge on any atom is 0.269 e. The van der Waals surface area contributed by atoms with Crippen molar-refractivity contribution in [2.75, 3.05) is 6.54 Å². The maximum absolute atomic E-state index is 13.1. The minimum atomic E-state index is -3.75. The predicted octanol–water partition coefficient (Wildman–Crippen LogP) is 3.88. The lowest BCUT2D eigenvalue weighted by Crippen LogP contribution is -2.43. The molecule has 3 rings (SSSR count). The lowest BCUT2D eigenvalue weighted by atomic mass is 9.97. The van der Waals surface area contributed by atoms with Gasteiger partial charge >= 0.3 is 0 Å². The largest absolute Gasteiger partial charge is 0.269 e. The Bertz CT molecular complexity index is 856. The van der Waals surface area contributed by atoms with Crippen molar-refractivity contribution in [3.8, 4) is 0 Å². The van der Waals surface area contributed by atoms with Crippen molar-refractivity contribution >= 4 is 31.6 Å². The van der Waals surface area contributed by atoms with E-state index in [4.69, 9.17) is 0 Å². The summed E-state index contributed by atoms with van der Waals surface area (Å²) < 4.78 is 27.8. The number of nitro groups is 1. The van der Waals surface area contributed by atoms with Crippen LogP contribution in [0.3, 0.4) is 0 Å². The Morgan fingerprint density at radius 1 is 1.08 bits per heavy atom. The molecule has 2 atom stereocenters. The third-order valence-corrected chi connectivity index (χ3v) is 7.16. The first-order valence-corrected chi connectivity index (χ1v) is 10.2. The first kappa shape index (κ1) is 18.0. The van der Waals surface area contributed by atoms with Crippen LogP contribution in [0.5, 0.6) is 0 Å². The van der Waals surface area contributed by atoms with Crippen LogP contribution in [-0.2, 0) is 10.0 Å². The van der Waals surface area contributed by atoms with Gasteiger partial charge in [-0.15, -0.1) is 0 Å². The molecule has 0 amide bonds. The molecule has 1 aliphatic rings. The molecule has 0 spiro atoms. The molecule has 0 saturated carbocycles. The van der Waals surface area contributed by atoms with E-state index in [-0.39, 0.29) is 21.5 Å². The van der Waals surface area contributed by atoms with Crippen molar-refractivity contribution in [1.82, 2.24) is 4.31 Å². The van der Waals surface area contributed by atoms with Crippen molar-refractivity contribution in [3.05, 3.63) is 70.3 Å². The molecular formula is C17H17BrN2O4S. The zero-order valence-electron chi connectivity index (χ0n) is 13.3. The Morgan fingerprint density at radius 3 is 2.32 bits per heavy atom. The van der Waals surface area contributed by atoms with Gasteiger partial charge in [0.05, 0.1) is 15.9 Å². The third kappa shape index (κ3) is 3.61. The van der Waals surface area contributed by atoms with E-state index in [0.717, 1.165) is 18.4 Å². The normalized spacial score (nSPS) is 21.8. The monoisotopic (exact) mass is 424 g/mol. The van der Waals surface area contributed by atoms with Gasteiger partial charge in [-0.2, -0.15) is 4.31 Å². The molecule has 0 radical (unpaired) electrons.